The van der Waals surface area contributed by atoms with Crippen molar-refractivity contribution in [3.8, 4) is 0 Å². The summed E-state index contributed by atoms with van der Waals surface area (Å²) in [6.45, 7) is 2.21. The summed E-state index contributed by atoms with van der Waals surface area (Å²) in [7, 11) is 1.74. The number of hydrogen-bond donors (Lipinski definition) is 1. The first-order chi connectivity index (χ1) is 8.48. The van der Waals surface area contributed by atoms with Crippen LogP contribution in [-0.4, -0.2) is 42.8 Å². The number of likely N-dealkylation sites (N-methyl/N-ethyl adjacent to an activating group) is 1. The van der Waals surface area contributed by atoms with Crippen molar-refractivity contribution >= 4 is 11.6 Å². The molecule has 1 saturated heterocycles. The molecule has 1 aromatic rings. The molecule has 0 spiro atoms. The van der Waals surface area contributed by atoms with E-state index in [0.717, 1.165) is 19.3 Å². The minimum Gasteiger partial charge on any atom is -0.335 e. The molecule has 1 unspecified atom stereocenters. The third-order valence-corrected chi connectivity index (χ3v) is 3.30. The van der Waals surface area contributed by atoms with Crippen molar-refractivity contribution in [2.75, 3.05) is 36.5 Å². The monoisotopic (exact) mass is 259 g/mol. The van der Waals surface area contributed by atoms with E-state index in [1.54, 1.807) is 11.9 Å². The number of halogens is 3. The summed E-state index contributed by atoms with van der Waals surface area (Å²) in [4.78, 5) is 11.4. The fourth-order valence-electron chi connectivity index (χ4n) is 2.37. The van der Waals surface area contributed by atoms with Crippen molar-refractivity contribution in [3.63, 3.8) is 0 Å². The fraction of sp³-hybridized carbons (Fsp3) is 0.600. The second-order valence-corrected chi connectivity index (χ2v) is 4.39. The average Bonchev–Trinajstić information content (AvgIpc) is 2.63. The molecule has 3 heterocycles. The van der Waals surface area contributed by atoms with Gasteiger partial charge in [0.2, 0.25) is 0 Å². The molecule has 0 aliphatic carbocycles. The minimum absolute atomic E-state index is 0.00256. The zero-order valence-corrected chi connectivity index (χ0v) is 9.70. The Balaban J connectivity index is 2.03. The smallest absolute Gasteiger partial charge is 0.335 e. The molecule has 2 aliphatic rings. The van der Waals surface area contributed by atoms with Crippen molar-refractivity contribution in [3.05, 3.63) is 11.9 Å². The molecule has 1 aromatic heterocycles. The molecule has 0 radical (unpaired) electrons. The van der Waals surface area contributed by atoms with Crippen molar-refractivity contribution in [1.82, 2.24) is 15.3 Å². The highest BCUT2D eigenvalue weighted by Gasteiger charge is 2.40. The van der Waals surface area contributed by atoms with Gasteiger partial charge in [0, 0.05) is 26.7 Å². The largest absolute Gasteiger partial charge is 0.434 e. The molecule has 18 heavy (non-hydrogen) atoms. The molecular weight excluding hydrogens is 247 g/mol. The van der Waals surface area contributed by atoms with E-state index in [1.807, 2.05) is 4.90 Å². The standard InChI is InChI=1S/C10H12F3N5/c1-17-7-5-14-2-3-18(7)8-9(17)16-6(4-15-8)10(11,12)13/h4,7,14H,2-3,5H2,1H3. The fourth-order valence-corrected chi connectivity index (χ4v) is 2.37. The summed E-state index contributed by atoms with van der Waals surface area (Å²) < 4.78 is 37.8. The van der Waals surface area contributed by atoms with Crippen LogP contribution in [0, 0.1) is 0 Å². The lowest BCUT2D eigenvalue weighted by atomic mass is 10.3. The summed E-state index contributed by atoms with van der Waals surface area (Å²) >= 11 is 0. The second kappa shape index (κ2) is 3.71. The summed E-state index contributed by atoms with van der Waals surface area (Å²) in [5.74, 6) is 0.843. The van der Waals surface area contributed by atoms with Crippen LogP contribution in [-0.2, 0) is 6.18 Å². The Bertz CT molecular complexity index is 475. The number of anilines is 2. The zero-order valence-electron chi connectivity index (χ0n) is 9.70. The number of aromatic nitrogens is 2. The molecular formula is C10H12F3N5. The van der Waals surface area contributed by atoms with E-state index in [9.17, 15) is 13.2 Å². The quantitative estimate of drug-likeness (QED) is 0.742. The van der Waals surface area contributed by atoms with Gasteiger partial charge in [-0.05, 0) is 0 Å². The van der Waals surface area contributed by atoms with Crippen molar-refractivity contribution < 1.29 is 13.2 Å². The van der Waals surface area contributed by atoms with Gasteiger partial charge in [-0.1, -0.05) is 0 Å². The molecule has 98 valence electrons. The topological polar surface area (TPSA) is 44.3 Å². The van der Waals surface area contributed by atoms with Gasteiger partial charge in [-0.2, -0.15) is 13.2 Å². The van der Waals surface area contributed by atoms with Crippen molar-refractivity contribution in [2.24, 2.45) is 0 Å². The van der Waals surface area contributed by atoms with Crippen LogP contribution in [0.2, 0.25) is 0 Å². The molecule has 0 aromatic carbocycles. The van der Waals surface area contributed by atoms with Gasteiger partial charge in [0.1, 0.15) is 6.17 Å². The van der Waals surface area contributed by atoms with E-state index in [1.165, 1.54) is 0 Å². The Morgan fingerprint density at radius 1 is 1.39 bits per heavy atom. The molecule has 0 saturated carbocycles. The maximum atomic E-state index is 12.6. The van der Waals surface area contributed by atoms with Crippen LogP contribution in [0.3, 0.4) is 0 Å². The highest BCUT2D eigenvalue weighted by atomic mass is 19.4. The number of alkyl halides is 3. The molecule has 1 fully saturated rings. The lowest BCUT2D eigenvalue weighted by Crippen LogP contribution is -2.55. The Morgan fingerprint density at radius 2 is 2.17 bits per heavy atom. The number of nitrogens with one attached hydrogen (secondary N) is 1. The van der Waals surface area contributed by atoms with Crippen LogP contribution in [0.5, 0.6) is 0 Å². The van der Waals surface area contributed by atoms with Gasteiger partial charge >= 0.3 is 6.18 Å². The maximum absolute atomic E-state index is 12.6. The van der Waals surface area contributed by atoms with Gasteiger partial charge in [0.25, 0.3) is 0 Å². The number of rotatable bonds is 0. The normalized spacial score (nSPS) is 23.0. The SMILES string of the molecule is CN1c2nc(C(F)(F)F)cnc2N2CCNCC12. The van der Waals surface area contributed by atoms with Gasteiger partial charge in [-0.3, -0.25) is 0 Å². The van der Waals surface area contributed by atoms with E-state index < -0.39 is 11.9 Å². The molecule has 1 N–H and O–H groups in total. The van der Waals surface area contributed by atoms with Crippen molar-refractivity contribution in [1.29, 1.82) is 0 Å². The van der Waals surface area contributed by atoms with E-state index >= 15 is 0 Å². The number of nitrogens with zero attached hydrogens (tertiary/aromatic N) is 4. The summed E-state index contributed by atoms with van der Waals surface area (Å²) in [6, 6.07) is 0. The second-order valence-electron chi connectivity index (χ2n) is 4.39. The van der Waals surface area contributed by atoms with Gasteiger partial charge in [-0.25, -0.2) is 9.97 Å². The third-order valence-electron chi connectivity index (χ3n) is 3.30. The zero-order chi connectivity index (χ0) is 12.9. The Kier molecular flexibility index (Phi) is 2.37. The molecule has 3 rings (SSSR count). The predicted molar refractivity (Wildman–Crippen MR) is 59.4 cm³/mol. The van der Waals surface area contributed by atoms with E-state index in [0.29, 0.717) is 18.2 Å². The van der Waals surface area contributed by atoms with Gasteiger partial charge in [0.05, 0.1) is 6.20 Å². The lowest BCUT2D eigenvalue weighted by Gasteiger charge is -2.34. The van der Waals surface area contributed by atoms with Gasteiger partial charge in [0.15, 0.2) is 17.3 Å². The van der Waals surface area contributed by atoms with E-state index in [-0.39, 0.29) is 6.17 Å². The summed E-state index contributed by atoms with van der Waals surface area (Å²) in [5.41, 5.74) is -0.944. The molecule has 1 atom stereocenters. The van der Waals surface area contributed by atoms with Crippen LogP contribution < -0.4 is 15.1 Å². The molecule has 0 bridgehead atoms. The molecule has 5 nitrogen and oxygen atoms in total. The van der Waals surface area contributed by atoms with Crippen LogP contribution in [0.4, 0.5) is 24.8 Å². The first kappa shape index (κ1) is 11.5. The Labute approximate surface area is 102 Å². The van der Waals surface area contributed by atoms with E-state index in [2.05, 4.69) is 15.3 Å². The highest BCUT2D eigenvalue weighted by Crippen LogP contribution is 2.38. The highest BCUT2D eigenvalue weighted by molar-refractivity contribution is 5.70. The lowest BCUT2D eigenvalue weighted by molar-refractivity contribution is -0.141. The van der Waals surface area contributed by atoms with Gasteiger partial charge in [-0.15, -0.1) is 0 Å². The van der Waals surface area contributed by atoms with Crippen LogP contribution >= 0.6 is 0 Å². The number of piperazine rings is 1. The summed E-state index contributed by atoms with van der Waals surface area (Å²) in [5, 5.41) is 3.21. The Hall–Kier alpha value is -1.57. The van der Waals surface area contributed by atoms with E-state index in [4.69, 9.17) is 0 Å². The minimum atomic E-state index is -4.45. The van der Waals surface area contributed by atoms with Gasteiger partial charge < -0.3 is 15.1 Å². The Morgan fingerprint density at radius 3 is 2.89 bits per heavy atom. The van der Waals surface area contributed by atoms with Crippen LogP contribution in [0.15, 0.2) is 6.20 Å². The first-order valence-electron chi connectivity index (χ1n) is 5.63. The number of hydrogen-bond acceptors (Lipinski definition) is 5. The first-order valence-corrected chi connectivity index (χ1v) is 5.63. The maximum Gasteiger partial charge on any atom is 0.434 e. The van der Waals surface area contributed by atoms with Crippen LogP contribution in [0.1, 0.15) is 5.69 Å². The van der Waals surface area contributed by atoms with Crippen molar-refractivity contribution in [2.45, 2.75) is 12.3 Å². The van der Waals surface area contributed by atoms with Crippen LogP contribution in [0.25, 0.3) is 0 Å². The average molecular weight is 259 g/mol. The molecule has 0 amide bonds. The molecule has 8 heteroatoms. The predicted octanol–water partition coefficient (Wildman–Crippen LogP) is 0.681. The third kappa shape index (κ3) is 1.59. The summed E-state index contributed by atoms with van der Waals surface area (Å²) in [6.07, 6.45) is -3.65. The molecule has 2 aliphatic heterocycles. The number of fused-ring (bicyclic) bond motifs is 3.